The first-order chi connectivity index (χ1) is 13.0. The standard InChI is InChI=1S/C20H19N3O3S/c1-23(27(25,26)14-12-16-7-3-2-4-8-16)15-19(24)22-18-11-5-9-17-10-6-13-21-20(17)18/h2-14H,15H2,1H3,(H,22,24)/b14-12+. The summed E-state index contributed by atoms with van der Waals surface area (Å²) >= 11 is 0. The monoisotopic (exact) mass is 381 g/mol. The molecule has 0 aliphatic carbocycles. The molecule has 0 aliphatic rings. The van der Waals surface area contributed by atoms with Crippen LogP contribution in [0.3, 0.4) is 0 Å². The molecule has 0 saturated carbocycles. The topological polar surface area (TPSA) is 79.4 Å². The zero-order valence-corrected chi connectivity index (χ0v) is 15.6. The third kappa shape index (κ3) is 4.78. The zero-order chi connectivity index (χ0) is 19.3. The maximum absolute atomic E-state index is 12.4. The van der Waals surface area contributed by atoms with Crippen LogP contribution in [0.25, 0.3) is 17.0 Å². The van der Waals surface area contributed by atoms with Crippen molar-refractivity contribution in [3.63, 3.8) is 0 Å². The molecule has 0 atom stereocenters. The number of likely N-dealkylation sites (N-methyl/N-ethyl adjacent to an activating group) is 1. The number of carbonyl (C=O) groups excluding carboxylic acids is 1. The van der Waals surface area contributed by atoms with E-state index in [9.17, 15) is 13.2 Å². The normalized spacial score (nSPS) is 11.9. The number of hydrogen-bond acceptors (Lipinski definition) is 4. The average molecular weight is 381 g/mol. The molecule has 0 spiro atoms. The van der Waals surface area contributed by atoms with Crippen molar-refractivity contribution in [2.75, 3.05) is 18.9 Å². The molecule has 1 N–H and O–H groups in total. The van der Waals surface area contributed by atoms with E-state index in [0.29, 0.717) is 11.2 Å². The Hall–Kier alpha value is -3.03. The highest BCUT2D eigenvalue weighted by molar-refractivity contribution is 7.92. The number of amides is 1. The van der Waals surface area contributed by atoms with Crippen molar-refractivity contribution < 1.29 is 13.2 Å². The van der Waals surface area contributed by atoms with Crippen molar-refractivity contribution in [2.45, 2.75) is 0 Å². The molecular formula is C20H19N3O3S. The van der Waals surface area contributed by atoms with Gasteiger partial charge in [-0.15, -0.1) is 0 Å². The molecule has 0 fully saturated rings. The van der Waals surface area contributed by atoms with Gasteiger partial charge in [0.1, 0.15) is 0 Å². The minimum atomic E-state index is -3.71. The van der Waals surface area contributed by atoms with E-state index in [0.717, 1.165) is 20.7 Å². The van der Waals surface area contributed by atoms with Gasteiger partial charge in [-0.2, -0.15) is 4.31 Å². The second kappa shape index (κ2) is 8.11. The number of sulfonamides is 1. The predicted molar refractivity (Wildman–Crippen MR) is 107 cm³/mol. The molecule has 0 unspecified atom stereocenters. The Morgan fingerprint density at radius 3 is 2.59 bits per heavy atom. The van der Waals surface area contributed by atoms with E-state index >= 15 is 0 Å². The summed E-state index contributed by atoms with van der Waals surface area (Å²) in [6.45, 7) is -0.301. The first-order valence-corrected chi connectivity index (χ1v) is 9.79. The lowest BCUT2D eigenvalue weighted by Crippen LogP contribution is -2.33. The van der Waals surface area contributed by atoms with Crippen molar-refractivity contribution >= 4 is 38.6 Å². The first-order valence-electron chi connectivity index (χ1n) is 8.29. The number of rotatable bonds is 6. The Bertz CT molecular complexity index is 1070. The maximum Gasteiger partial charge on any atom is 0.239 e. The summed E-state index contributed by atoms with van der Waals surface area (Å²) in [6, 6.07) is 18.2. The molecule has 1 aromatic heterocycles. The highest BCUT2D eigenvalue weighted by Gasteiger charge is 2.18. The van der Waals surface area contributed by atoms with E-state index in [1.165, 1.54) is 13.1 Å². The van der Waals surface area contributed by atoms with E-state index in [4.69, 9.17) is 0 Å². The summed E-state index contributed by atoms with van der Waals surface area (Å²) in [5.74, 6) is -0.438. The van der Waals surface area contributed by atoms with Gasteiger partial charge >= 0.3 is 0 Å². The summed E-state index contributed by atoms with van der Waals surface area (Å²) < 4.78 is 25.7. The molecule has 6 nitrogen and oxygen atoms in total. The minimum Gasteiger partial charge on any atom is -0.323 e. The predicted octanol–water partition coefficient (Wildman–Crippen LogP) is 3.11. The number of carbonyl (C=O) groups is 1. The fourth-order valence-electron chi connectivity index (χ4n) is 2.52. The molecule has 3 rings (SSSR count). The summed E-state index contributed by atoms with van der Waals surface area (Å²) in [5, 5.41) is 4.71. The molecule has 0 radical (unpaired) electrons. The number of benzene rings is 2. The smallest absolute Gasteiger partial charge is 0.239 e. The van der Waals surface area contributed by atoms with Gasteiger partial charge in [0.2, 0.25) is 15.9 Å². The Kier molecular flexibility index (Phi) is 5.63. The van der Waals surface area contributed by atoms with E-state index in [2.05, 4.69) is 10.3 Å². The molecule has 138 valence electrons. The fraction of sp³-hybridized carbons (Fsp3) is 0.100. The van der Waals surface area contributed by atoms with Gasteiger partial charge in [-0.05, 0) is 23.8 Å². The number of fused-ring (bicyclic) bond motifs is 1. The molecule has 7 heteroatoms. The highest BCUT2D eigenvalue weighted by Crippen LogP contribution is 2.20. The van der Waals surface area contributed by atoms with E-state index in [1.54, 1.807) is 24.4 Å². The van der Waals surface area contributed by atoms with Crippen LogP contribution in [0.5, 0.6) is 0 Å². The van der Waals surface area contributed by atoms with Crippen molar-refractivity contribution in [3.05, 3.63) is 77.8 Å². The van der Waals surface area contributed by atoms with Crippen LogP contribution in [0.4, 0.5) is 5.69 Å². The van der Waals surface area contributed by atoms with E-state index < -0.39 is 15.9 Å². The van der Waals surface area contributed by atoms with Crippen LogP contribution in [0.1, 0.15) is 5.56 Å². The summed E-state index contributed by atoms with van der Waals surface area (Å²) in [6.07, 6.45) is 3.14. The van der Waals surface area contributed by atoms with Crippen LogP contribution in [0.15, 0.2) is 72.3 Å². The zero-order valence-electron chi connectivity index (χ0n) is 14.7. The average Bonchev–Trinajstić information content (AvgIpc) is 2.67. The molecule has 0 aliphatic heterocycles. The van der Waals surface area contributed by atoms with Crippen LogP contribution >= 0.6 is 0 Å². The summed E-state index contributed by atoms with van der Waals surface area (Å²) in [5.41, 5.74) is 1.97. The van der Waals surface area contributed by atoms with Crippen molar-refractivity contribution in [3.8, 4) is 0 Å². The quantitative estimate of drug-likeness (QED) is 0.712. The van der Waals surface area contributed by atoms with Gasteiger partial charge in [0.15, 0.2) is 0 Å². The third-order valence-corrected chi connectivity index (χ3v) is 5.42. The largest absolute Gasteiger partial charge is 0.323 e. The van der Waals surface area contributed by atoms with Gasteiger partial charge in [0.25, 0.3) is 0 Å². The highest BCUT2D eigenvalue weighted by atomic mass is 32.2. The number of para-hydroxylation sites is 1. The molecule has 27 heavy (non-hydrogen) atoms. The van der Waals surface area contributed by atoms with Crippen LogP contribution in [-0.2, 0) is 14.8 Å². The summed E-state index contributed by atoms with van der Waals surface area (Å²) in [4.78, 5) is 16.6. The molecule has 2 aromatic carbocycles. The fourth-order valence-corrected chi connectivity index (χ4v) is 3.35. The van der Waals surface area contributed by atoms with Gasteiger partial charge in [-0.25, -0.2) is 8.42 Å². The van der Waals surface area contributed by atoms with Crippen LogP contribution in [0.2, 0.25) is 0 Å². The minimum absolute atomic E-state index is 0.301. The number of aromatic nitrogens is 1. The van der Waals surface area contributed by atoms with Crippen molar-refractivity contribution in [1.29, 1.82) is 0 Å². The van der Waals surface area contributed by atoms with Crippen LogP contribution < -0.4 is 5.32 Å². The lowest BCUT2D eigenvalue weighted by molar-refractivity contribution is -0.116. The van der Waals surface area contributed by atoms with Gasteiger partial charge in [0.05, 0.1) is 17.7 Å². The molecular weight excluding hydrogens is 362 g/mol. The number of anilines is 1. The molecule has 1 amide bonds. The third-order valence-electron chi connectivity index (χ3n) is 3.94. The van der Waals surface area contributed by atoms with Gasteiger partial charge in [0, 0.05) is 24.0 Å². The van der Waals surface area contributed by atoms with Gasteiger partial charge < -0.3 is 5.32 Å². The Balaban J connectivity index is 1.68. The first kappa shape index (κ1) is 18.8. The second-order valence-electron chi connectivity index (χ2n) is 5.94. The maximum atomic E-state index is 12.4. The molecule has 0 bridgehead atoms. The Labute approximate surface area is 158 Å². The number of pyridine rings is 1. The number of hydrogen-bond donors (Lipinski definition) is 1. The number of nitrogens with one attached hydrogen (secondary N) is 1. The van der Waals surface area contributed by atoms with Crippen LogP contribution in [-0.4, -0.2) is 37.2 Å². The van der Waals surface area contributed by atoms with E-state index in [1.807, 2.05) is 42.5 Å². The van der Waals surface area contributed by atoms with Crippen LogP contribution in [0, 0.1) is 0 Å². The van der Waals surface area contributed by atoms with Crippen molar-refractivity contribution in [2.24, 2.45) is 0 Å². The lowest BCUT2D eigenvalue weighted by atomic mass is 10.2. The lowest BCUT2D eigenvalue weighted by Gasteiger charge is -2.15. The summed E-state index contributed by atoms with van der Waals surface area (Å²) in [7, 11) is -2.35. The Morgan fingerprint density at radius 2 is 1.81 bits per heavy atom. The van der Waals surface area contributed by atoms with Gasteiger partial charge in [-0.1, -0.05) is 48.5 Å². The molecule has 1 heterocycles. The van der Waals surface area contributed by atoms with Gasteiger partial charge in [-0.3, -0.25) is 9.78 Å². The van der Waals surface area contributed by atoms with Crippen molar-refractivity contribution in [1.82, 2.24) is 9.29 Å². The molecule has 3 aromatic rings. The second-order valence-corrected chi connectivity index (χ2v) is 7.87. The Morgan fingerprint density at radius 1 is 1.07 bits per heavy atom. The SMILES string of the molecule is CN(CC(=O)Nc1cccc2cccnc12)S(=O)(=O)/C=C/c1ccccc1. The van der Waals surface area contributed by atoms with E-state index in [-0.39, 0.29) is 6.54 Å². The number of nitrogens with zero attached hydrogens (tertiary/aromatic N) is 2. The molecule has 0 saturated heterocycles.